The number of hydrogen-bond donors (Lipinski definition) is 0. The molecule has 78 heavy (non-hydrogen) atoms. The number of hydrogen-bond acceptors (Lipinski definition) is 14. The quantitative estimate of drug-likeness (QED) is 0.0741. The Bertz CT molecular complexity index is 3330. The molecule has 4 heterocycles. The maximum Gasteiger partial charge on any atom is 0.534 e. The number of fused-ring (bicyclic) bond motifs is 2. The van der Waals surface area contributed by atoms with Crippen molar-refractivity contribution in [2.24, 2.45) is 11.8 Å². The Kier molecular flexibility index (Phi) is 16.8. The van der Waals surface area contributed by atoms with Gasteiger partial charge in [0.05, 0.1) is 17.6 Å². The van der Waals surface area contributed by atoms with E-state index in [1.165, 1.54) is 9.80 Å². The monoisotopic (exact) mass is 1290 g/mol. The van der Waals surface area contributed by atoms with Crippen LogP contribution in [0.5, 0.6) is 11.5 Å². The van der Waals surface area contributed by atoms with Crippen molar-refractivity contribution in [3.63, 3.8) is 0 Å². The summed E-state index contributed by atoms with van der Waals surface area (Å²) in [7, 11) is -23.3. The lowest BCUT2D eigenvalue weighted by Crippen LogP contribution is -2.42. The molecule has 2 aromatic carbocycles. The molecule has 4 atom stereocenters. The second-order valence-electron chi connectivity index (χ2n) is 17.8. The number of alkyl halides is 12. The van der Waals surface area contributed by atoms with E-state index in [4.69, 9.17) is 46.4 Å². The summed E-state index contributed by atoms with van der Waals surface area (Å²) >= 11 is 24.5. The minimum atomic E-state index is -5.96. The van der Waals surface area contributed by atoms with Crippen molar-refractivity contribution in [3.8, 4) is 11.5 Å². The first-order valence-electron chi connectivity index (χ1n) is 22.0. The molecule has 2 fully saturated rings. The van der Waals surface area contributed by atoms with Crippen LogP contribution in [0.15, 0.2) is 36.7 Å². The summed E-state index contributed by atoms with van der Waals surface area (Å²) < 4.78 is 253. The van der Waals surface area contributed by atoms with E-state index in [9.17, 15) is 95.9 Å². The van der Waals surface area contributed by atoms with Crippen molar-refractivity contribution in [1.82, 2.24) is 28.2 Å². The highest BCUT2D eigenvalue weighted by Crippen LogP contribution is 2.41. The van der Waals surface area contributed by atoms with Crippen LogP contribution in [0.3, 0.4) is 0 Å². The first kappa shape index (κ1) is 61.1. The van der Waals surface area contributed by atoms with Gasteiger partial charge in [-0.2, -0.15) is 105 Å². The minimum absolute atomic E-state index is 0.0233. The predicted octanol–water partition coefficient (Wildman–Crippen LogP) is 8.13. The topological polar surface area (TPSA) is 231 Å². The third-order valence-corrected chi connectivity index (χ3v) is 18.8. The summed E-state index contributed by atoms with van der Waals surface area (Å²) in [6.45, 7) is 0.553. The molecular weight excluding hydrogens is 1250 g/mol. The molecule has 4 aliphatic rings. The lowest BCUT2D eigenvalue weighted by atomic mass is 9.92. The molecule has 432 valence electrons. The summed E-state index contributed by atoms with van der Waals surface area (Å²) in [5.41, 5.74) is -21.4. The molecule has 0 N–H and O–H groups in total. The van der Waals surface area contributed by atoms with Crippen molar-refractivity contribution in [1.29, 1.82) is 0 Å². The van der Waals surface area contributed by atoms with E-state index in [0.717, 1.165) is 36.7 Å². The summed E-state index contributed by atoms with van der Waals surface area (Å²) in [4.78, 5) is 29.4. The van der Waals surface area contributed by atoms with Crippen LogP contribution in [0.4, 0.5) is 52.7 Å². The maximum atomic E-state index is 13.1. The predicted molar refractivity (Wildman–Crippen MR) is 248 cm³/mol. The van der Waals surface area contributed by atoms with E-state index in [1.54, 1.807) is 0 Å². The molecule has 4 unspecified atom stereocenters. The van der Waals surface area contributed by atoms with E-state index in [1.807, 2.05) is 0 Å². The molecule has 2 aromatic heterocycles. The number of halogens is 16. The molecular formula is C40H34Cl4F12N6O12S4. The fraction of sp³-hybridized carbons (Fsp3) is 0.500. The van der Waals surface area contributed by atoms with Gasteiger partial charge in [0.15, 0.2) is 0 Å². The van der Waals surface area contributed by atoms with E-state index >= 15 is 0 Å². The van der Waals surface area contributed by atoms with Gasteiger partial charge in [-0.1, -0.05) is 46.4 Å². The summed E-state index contributed by atoms with van der Waals surface area (Å²) in [6.07, 6.45) is 3.20. The zero-order valence-electron chi connectivity index (χ0n) is 38.5. The van der Waals surface area contributed by atoms with Crippen LogP contribution in [0.25, 0.3) is 0 Å². The molecule has 0 saturated carbocycles. The van der Waals surface area contributed by atoms with E-state index in [-0.39, 0.29) is 132 Å². The van der Waals surface area contributed by atoms with Crippen LogP contribution in [0.2, 0.25) is 20.1 Å². The average Bonchev–Trinajstić information content (AvgIpc) is 4.14. The molecule has 18 nitrogen and oxygen atoms in total. The number of likely N-dealkylation sites (tertiary alicyclic amines) is 2. The zero-order valence-corrected chi connectivity index (χ0v) is 44.8. The fourth-order valence-corrected chi connectivity index (χ4v) is 12.8. The van der Waals surface area contributed by atoms with Gasteiger partial charge in [0, 0.05) is 87.6 Å². The van der Waals surface area contributed by atoms with Crippen molar-refractivity contribution in [2.45, 2.75) is 98.3 Å². The normalized spacial score (nSPS) is 20.8. The second kappa shape index (κ2) is 21.4. The molecule has 2 saturated heterocycles. The van der Waals surface area contributed by atoms with E-state index in [2.05, 4.69) is 18.6 Å². The highest BCUT2D eigenvalue weighted by molar-refractivity contribution is 7.91. The minimum Gasteiger partial charge on any atom is -0.376 e. The number of aromatic nitrogens is 4. The van der Waals surface area contributed by atoms with Gasteiger partial charge in [-0.15, -0.1) is 0 Å². The molecule has 38 heteroatoms. The number of benzene rings is 2. The van der Waals surface area contributed by atoms with Gasteiger partial charge in [-0.25, -0.2) is 0 Å². The van der Waals surface area contributed by atoms with E-state index in [0.29, 0.717) is 19.3 Å². The lowest BCUT2D eigenvalue weighted by molar-refractivity contribution is -0.133. The van der Waals surface area contributed by atoms with Crippen LogP contribution >= 0.6 is 46.4 Å². The van der Waals surface area contributed by atoms with Crippen molar-refractivity contribution in [2.75, 3.05) is 13.1 Å². The first-order chi connectivity index (χ1) is 35.6. The molecule has 0 bridgehead atoms. The highest BCUT2D eigenvalue weighted by atomic mass is 35.5. The molecule has 0 spiro atoms. The third kappa shape index (κ3) is 12.2. The molecule has 2 amide bonds. The maximum absolute atomic E-state index is 13.1. The van der Waals surface area contributed by atoms with Gasteiger partial charge < -0.3 is 18.2 Å². The van der Waals surface area contributed by atoms with E-state index < -0.39 is 97.7 Å². The lowest BCUT2D eigenvalue weighted by Gasteiger charge is -2.31. The zero-order chi connectivity index (χ0) is 58.3. The Morgan fingerprint density at radius 3 is 1.35 bits per heavy atom. The Morgan fingerprint density at radius 2 is 0.949 bits per heavy atom. The Morgan fingerprint density at radius 1 is 0.551 bits per heavy atom. The number of amides is 2. The van der Waals surface area contributed by atoms with Gasteiger partial charge in [-0.05, 0) is 86.5 Å². The van der Waals surface area contributed by atoms with Crippen LogP contribution in [0.1, 0.15) is 59.3 Å². The number of aryl methyl sites for hydroxylation is 1. The number of nitrogens with zero attached hydrogens (tertiary/aromatic N) is 6. The number of carbonyl (C=O) groups excluding carboxylic acids is 2. The smallest absolute Gasteiger partial charge is 0.376 e. The van der Waals surface area contributed by atoms with Crippen LogP contribution < -0.4 is 8.37 Å². The van der Waals surface area contributed by atoms with Gasteiger partial charge >= 0.3 is 62.3 Å². The molecule has 2 aliphatic carbocycles. The van der Waals surface area contributed by atoms with Gasteiger partial charge in [0.2, 0.25) is 11.8 Å². The average molecular weight is 1290 g/mol. The SMILES string of the molecule is O=C1C(Cc2c(Cl)cc(OS(=O)(=O)C(F)(F)F)cc2Cl)CCN1C1CCc2c(cnn2S(=O)(=O)C(F)(F)F)C1.O=C1C(Cc2c(Cl)cc(OS(=O)(=O)C(F)(F)F)cc2Cl)CCN1C1CCc2nn(S(=O)(=O)C(F)(F)F)cc2C1. The van der Waals surface area contributed by atoms with Crippen LogP contribution in [-0.4, -0.2) is 121 Å². The Balaban J connectivity index is 0.000000226. The van der Waals surface area contributed by atoms with Crippen molar-refractivity contribution >= 4 is 98.5 Å². The summed E-state index contributed by atoms with van der Waals surface area (Å²) in [5.74, 6) is -3.49. The molecule has 4 aromatic rings. The van der Waals surface area contributed by atoms with Crippen LogP contribution in [-0.2, 0) is 88.4 Å². The Hall–Kier alpha value is -4.48. The third-order valence-electron chi connectivity index (χ3n) is 12.9. The van der Waals surface area contributed by atoms with Crippen LogP contribution in [0, 0.1) is 11.8 Å². The molecule has 0 radical (unpaired) electrons. The second-order valence-corrected chi connectivity index (χ2v) is 26.0. The summed E-state index contributed by atoms with van der Waals surface area (Å²) in [6, 6.07) is 2.46. The highest BCUT2D eigenvalue weighted by Gasteiger charge is 2.52. The Labute approximate surface area is 453 Å². The van der Waals surface area contributed by atoms with Gasteiger partial charge in [0.25, 0.3) is 0 Å². The number of carbonyl (C=O) groups is 2. The van der Waals surface area contributed by atoms with Gasteiger partial charge in [-0.3, -0.25) is 9.59 Å². The molecule has 8 rings (SSSR count). The number of rotatable bonds is 12. The first-order valence-corrected chi connectivity index (χ1v) is 29.2. The van der Waals surface area contributed by atoms with Crippen molar-refractivity contribution < 1.29 is 104 Å². The molecule has 2 aliphatic heterocycles. The van der Waals surface area contributed by atoms with Gasteiger partial charge in [0.1, 0.15) is 11.5 Å². The van der Waals surface area contributed by atoms with Crippen molar-refractivity contribution in [3.05, 3.63) is 90.4 Å². The largest absolute Gasteiger partial charge is 0.534 e. The fourth-order valence-electron chi connectivity index (χ4n) is 9.12. The summed E-state index contributed by atoms with van der Waals surface area (Å²) in [5, 5.41) is 6.10. The standard InChI is InChI=1S/2C20H17Cl2F6N3O6S2/c21-15-7-13(37-39(35,36)20(26,27)28)8-16(22)14(15)6-10-3-4-30(18(10)32)12-1-2-17-11(5-12)9-31(29-17)38(33,34)19(23,24)25;21-15-7-13(37-39(35,36)20(26,27)28)8-16(22)14(15)6-10-3-4-30(18(10)32)12-1-2-17-11(5-12)9-29-31(17)38(33,34)19(23,24)25/h2*7-10,12H,1-6H2.